The molecule has 1 aliphatic rings. The molecule has 0 atom stereocenters. The van der Waals surface area contributed by atoms with E-state index >= 15 is 0 Å². The molecule has 0 aromatic heterocycles. The molecule has 1 N–H and O–H groups in total. The van der Waals surface area contributed by atoms with Gasteiger partial charge >= 0.3 is 5.97 Å². The van der Waals surface area contributed by atoms with Crippen molar-refractivity contribution in [2.45, 2.75) is 6.42 Å². The summed E-state index contributed by atoms with van der Waals surface area (Å²) < 4.78 is 10.5. The van der Waals surface area contributed by atoms with Gasteiger partial charge in [-0.1, -0.05) is 18.2 Å². The minimum atomic E-state index is -0.942. The van der Waals surface area contributed by atoms with Gasteiger partial charge in [0, 0.05) is 6.07 Å². The van der Waals surface area contributed by atoms with Crippen molar-refractivity contribution in [1.82, 2.24) is 0 Å². The Kier molecular flexibility index (Phi) is 6.00. The van der Waals surface area contributed by atoms with Crippen LogP contribution in [0.3, 0.4) is 0 Å². The highest BCUT2D eigenvalue weighted by molar-refractivity contribution is 8.19. The minimum Gasteiger partial charge on any atom is -0.497 e. The number of carbonyl (C=O) groups excluding carboxylic acids is 2. The van der Waals surface area contributed by atoms with E-state index in [0.29, 0.717) is 22.7 Å². The number of carboxylic acid groups (broad SMARTS) is 1. The van der Waals surface area contributed by atoms with E-state index in [1.54, 1.807) is 54.6 Å². The third kappa shape index (κ3) is 4.52. The summed E-state index contributed by atoms with van der Waals surface area (Å²) in [6, 6.07) is 13.6. The highest BCUT2D eigenvalue weighted by Crippen LogP contribution is 2.36. The van der Waals surface area contributed by atoms with Crippen LogP contribution in [0.25, 0.3) is 6.08 Å². The fourth-order valence-electron chi connectivity index (χ4n) is 2.54. The number of amides is 2. The van der Waals surface area contributed by atoms with Crippen molar-refractivity contribution < 1.29 is 29.0 Å². The lowest BCUT2D eigenvalue weighted by molar-refractivity contribution is -0.137. The Morgan fingerprint density at radius 2 is 1.89 bits per heavy atom. The average molecular weight is 399 g/mol. The Morgan fingerprint density at radius 3 is 2.64 bits per heavy atom. The molecule has 2 amide bonds. The molecule has 0 aliphatic carbocycles. The number of ether oxygens (including phenoxy) is 2. The van der Waals surface area contributed by atoms with Gasteiger partial charge in [0.2, 0.25) is 0 Å². The van der Waals surface area contributed by atoms with Crippen LogP contribution in [0.15, 0.2) is 53.4 Å². The van der Waals surface area contributed by atoms with E-state index in [0.717, 1.165) is 16.7 Å². The number of imide groups is 1. The van der Waals surface area contributed by atoms with E-state index in [-0.39, 0.29) is 17.9 Å². The molecule has 0 saturated carbocycles. The maximum Gasteiger partial charge on any atom is 0.306 e. The summed E-state index contributed by atoms with van der Waals surface area (Å²) in [5, 5.41) is 8.28. The van der Waals surface area contributed by atoms with Crippen molar-refractivity contribution in [3.8, 4) is 11.5 Å². The number of thioether (sulfide) groups is 1. The molecule has 1 heterocycles. The quantitative estimate of drug-likeness (QED) is 0.708. The SMILES string of the molecule is COc1cccc(N2C(=O)S/C(=C/c3cccc(OCCC(=O)O)c3)C2=O)c1. The summed E-state index contributed by atoms with van der Waals surface area (Å²) in [6.45, 7) is 0.0468. The van der Waals surface area contributed by atoms with Gasteiger partial charge in [0.05, 0.1) is 30.7 Å². The van der Waals surface area contributed by atoms with Gasteiger partial charge in [-0.2, -0.15) is 0 Å². The molecule has 0 spiro atoms. The lowest BCUT2D eigenvalue weighted by atomic mass is 10.2. The molecule has 1 aliphatic heterocycles. The van der Waals surface area contributed by atoms with E-state index in [2.05, 4.69) is 0 Å². The molecule has 7 nitrogen and oxygen atoms in total. The number of carboxylic acids is 1. The number of anilines is 1. The standard InChI is InChI=1S/C20H17NO6S/c1-26-15-6-3-5-14(12-15)21-19(24)17(28-20(21)25)11-13-4-2-7-16(10-13)27-9-8-18(22)23/h2-7,10-12H,8-9H2,1H3,(H,22,23)/b17-11+. The molecule has 8 heteroatoms. The van der Waals surface area contributed by atoms with Crippen LogP contribution in [-0.4, -0.2) is 35.9 Å². The average Bonchev–Trinajstić information content (AvgIpc) is 2.95. The summed E-state index contributed by atoms with van der Waals surface area (Å²) in [6.07, 6.45) is 1.50. The minimum absolute atomic E-state index is 0.0468. The lowest BCUT2D eigenvalue weighted by Gasteiger charge is -2.13. The van der Waals surface area contributed by atoms with Gasteiger partial charge in [0.1, 0.15) is 11.5 Å². The Hall–Kier alpha value is -3.26. The first-order chi connectivity index (χ1) is 13.5. The number of rotatable bonds is 7. The van der Waals surface area contributed by atoms with Crippen molar-refractivity contribution in [3.63, 3.8) is 0 Å². The zero-order chi connectivity index (χ0) is 20.1. The molecule has 144 valence electrons. The number of hydrogen-bond acceptors (Lipinski definition) is 6. The van der Waals surface area contributed by atoms with E-state index in [4.69, 9.17) is 14.6 Å². The van der Waals surface area contributed by atoms with Crippen LogP contribution in [0.4, 0.5) is 10.5 Å². The summed E-state index contributed by atoms with van der Waals surface area (Å²) >= 11 is 0.852. The number of hydrogen-bond donors (Lipinski definition) is 1. The Bertz CT molecular complexity index is 955. The summed E-state index contributed by atoms with van der Waals surface area (Å²) in [5.41, 5.74) is 1.11. The summed E-state index contributed by atoms with van der Waals surface area (Å²) in [4.78, 5) is 37.1. The molecule has 1 fully saturated rings. The second-order valence-electron chi connectivity index (χ2n) is 5.78. The molecule has 2 aromatic rings. The van der Waals surface area contributed by atoms with Crippen molar-refractivity contribution in [3.05, 3.63) is 59.0 Å². The number of aliphatic carboxylic acids is 1. The van der Waals surface area contributed by atoms with E-state index < -0.39 is 17.1 Å². The number of carbonyl (C=O) groups is 3. The van der Waals surface area contributed by atoms with Gasteiger partial charge < -0.3 is 14.6 Å². The number of nitrogens with zero attached hydrogens (tertiary/aromatic N) is 1. The molecule has 0 unspecified atom stereocenters. The fourth-order valence-corrected chi connectivity index (χ4v) is 3.38. The largest absolute Gasteiger partial charge is 0.497 e. The molecule has 0 radical (unpaired) electrons. The van der Waals surface area contributed by atoms with E-state index in [9.17, 15) is 14.4 Å². The predicted octanol–water partition coefficient (Wildman–Crippen LogP) is 3.79. The molecular formula is C20H17NO6S. The smallest absolute Gasteiger partial charge is 0.306 e. The predicted molar refractivity (Wildman–Crippen MR) is 106 cm³/mol. The second-order valence-corrected chi connectivity index (χ2v) is 6.78. The van der Waals surface area contributed by atoms with Gasteiger partial charge in [-0.25, -0.2) is 4.90 Å². The van der Waals surface area contributed by atoms with Crippen LogP contribution < -0.4 is 14.4 Å². The van der Waals surface area contributed by atoms with Crippen molar-refractivity contribution in [1.29, 1.82) is 0 Å². The van der Waals surface area contributed by atoms with Crippen molar-refractivity contribution in [2.24, 2.45) is 0 Å². The van der Waals surface area contributed by atoms with E-state index in [1.165, 1.54) is 7.11 Å². The monoisotopic (exact) mass is 399 g/mol. The van der Waals surface area contributed by atoms with Gasteiger partial charge in [0.15, 0.2) is 0 Å². The number of methoxy groups -OCH3 is 1. The molecule has 3 rings (SSSR count). The van der Waals surface area contributed by atoms with Crippen LogP contribution >= 0.6 is 11.8 Å². The maximum absolute atomic E-state index is 12.7. The van der Waals surface area contributed by atoms with Gasteiger partial charge in [0.25, 0.3) is 11.1 Å². The van der Waals surface area contributed by atoms with Crippen LogP contribution in [0.5, 0.6) is 11.5 Å². The number of benzene rings is 2. The zero-order valence-electron chi connectivity index (χ0n) is 15.0. The molecule has 1 saturated heterocycles. The van der Waals surface area contributed by atoms with Gasteiger partial charge in [-0.05, 0) is 47.7 Å². The summed E-state index contributed by atoms with van der Waals surface area (Å²) in [7, 11) is 1.51. The molecule has 0 bridgehead atoms. The third-order valence-electron chi connectivity index (χ3n) is 3.85. The Labute approximate surface area is 165 Å². The first-order valence-corrected chi connectivity index (χ1v) is 9.16. The third-order valence-corrected chi connectivity index (χ3v) is 4.72. The Morgan fingerprint density at radius 1 is 1.14 bits per heavy atom. The van der Waals surface area contributed by atoms with Crippen LogP contribution in [0.1, 0.15) is 12.0 Å². The fraction of sp³-hybridized carbons (Fsp3) is 0.150. The lowest BCUT2D eigenvalue weighted by Crippen LogP contribution is -2.27. The normalized spacial score (nSPS) is 15.2. The van der Waals surface area contributed by atoms with Crippen molar-refractivity contribution in [2.75, 3.05) is 18.6 Å². The highest BCUT2D eigenvalue weighted by atomic mass is 32.2. The van der Waals surface area contributed by atoms with E-state index in [1.807, 2.05) is 0 Å². The highest BCUT2D eigenvalue weighted by Gasteiger charge is 2.36. The summed E-state index contributed by atoms with van der Waals surface area (Å²) in [5.74, 6) is -0.323. The van der Waals surface area contributed by atoms with Crippen LogP contribution in [0, 0.1) is 0 Å². The molecule has 28 heavy (non-hydrogen) atoms. The van der Waals surface area contributed by atoms with Crippen LogP contribution in [-0.2, 0) is 9.59 Å². The molecule has 2 aromatic carbocycles. The van der Waals surface area contributed by atoms with Gasteiger partial charge in [-0.3, -0.25) is 14.4 Å². The maximum atomic E-state index is 12.7. The first kappa shape index (κ1) is 19.5. The second kappa shape index (κ2) is 8.62. The van der Waals surface area contributed by atoms with Crippen LogP contribution in [0.2, 0.25) is 0 Å². The van der Waals surface area contributed by atoms with Crippen molar-refractivity contribution >= 4 is 40.6 Å². The molecular weight excluding hydrogens is 382 g/mol. The topological polar surface area (TPSA) is 93.1 Å². The Balaban J connectivity index is 1.79. The van der Waals surface area contributed by atoms with Gasteiger partial charge in [-0.15, -0.1) is 0 Å². The first-order valence-electron chi connectivity index (χ1n) is 8.34. The zero-order valence-corrected chi connectivity index (χ0v) is 15.8.